The van der Waals surface area contributed by atoms with Crippen LogP contribution in [0.15, 0.2) is 86.0 Å². The average Bonchev–Trinajstić information content (AvgIpc) is 4.40. The maximum absolute atomic E-state index is 12.5. The van der Waals surface area contributed by atoms with Crippen molar-refractivity contribution in [3.05, 3.63) is 97.1 Å². The molecular formula is C47H56N12O16P2-2. The fraction of sp³-hybridized carbons (Fsp3) is 0.489. The highest BCUT2D eigenvalue weighted by atomic mass is 31.2. The number of fused-ring (bicyclic) bond motifs is 4. The molecular weight excluding hydrogens is 1050 g/mol. The molecule has 77 heavy (non-hydrogen) atoms. The number of hydrogen-bond donors (Lipinski definition) is 6. The molecule has 5 fully saturated rings. The maximum atomic E-state index is 12.5. The molecule has 1 aliphatic carbocycles. The third-order valence-electron chi connectivity index (χ3n) is 13.4. The van der Waals surface area contributed by atoms with Gasteiger partial charge >= 0.3 is 12.1 Å². The highest BCUT2D eigenvalue weighted by Crippen LogP contribution is 2.48. The van der Waals surface area contributed by atoms with Crippen molar-refractivity contribution in [2.24, 2.45) is 0 Å². The van der Waals surface area contributed by atoms with Gasteiger partial charge in [0.05, 0.1) is 25.9 Å². The fourth-order valence-corrected chi connectivity index (χ4v) is 10.5. The Bertz CT molecular complexity index is 3070. The predicted octanol–water partition coefficient (Wildman–Crippen LogP) is 4.13. The minimum absolute atomic E-state index is 0.133. The van der Waals surface area contributed by atoms with Gasteiger partial charge in [-0.2, -0.15) is 0 Å². The van der Waals surface area contributed by atoms with Gasteiger partial charge in [-0.25, -0.2) is 39.5 Å². The third-order valence-corrected chi connectivity index (χ3v) is 14.3. The Balaban J connectivity index is 0.000000175. The maximum Gasteiger partial charge on any atom is 0.320 e. The topological polar surface area (TPSA) is 364 Å². The number of hydrogen-bond acceptors (Lipinski definition) is 20. The number of nitrogens with zero attached hydrogens (tertiary/aromatic N) is 8. The first-order valence-corrected chi connectivity index (χ1v) is 28.1. The van der Waals surface area contributed by atoms with Gasteiger partial charge in [0, 0.05) is 23.7 Å². The number of imidazole rings is 2. The lowest BCUT2D eigenvalue weighted by molar-refractivity contribution is -0.225. The van der Waals surface area contributed by atoms with E-state index in [2.05, 4.69) is 67.1 Å². The molecule has 4 aliphatic heterocycles. The van der Waals surface area contributed by atoms with Crippen LogP contribution in [-0.2, 0) is 46.6 Å². The number of nitrogens with one attached hydrogen (secondary N) is 4. The Morgan fingerprint density at radius 2 is 1.10 bits per heavy atom. The zero-order valence-electron chi connectivity index (χ0n) is 41.3. The minimum atomic E-state index is -4.99. The van der Waals surface area contributed by atoms with E-state index in [0.717, 1.165) is 62.5 Å². The second-order valence-electron chi connectivity index (χ2n) is 18.7. The Morgan fingerprint density at radius 3 is 1.57 bits per heavy atom. The quantitative estimate of drug-likeness (QED) is 0.0520. The number of phosphoric ester groups is 2. The molecule has 4 aromatic heterocycles. The van der Waals surface area contributed by atoms with Crippen LogP contribution in [0, 0.1) is 0 Å². The lowest BCUT2D eigenvalue weighted by atomic mass is 10.1. The van der Waals surface area contributed by atoms with Crippen LogP contribution in [0.1, 0.15) is 94.5 Å². The highest BCUT2D eigenvalue weighted by Gasteiger charge is 2.56. The number of carbonyl (C=O) groups excluding carboxylic acids is 2. The van der Waals surface area contributed by atoms with E-state index in [-0.39, 0.29) is 23.7 Å². The van der Waals surface area contributed by atoms with Crippen LogP contribution < -0.4 is 31.1 Å². The largest absolute Gasteiger partial charge is 0.756 e. The second kappa shape index (κ2) is 24.0. The summed E-state index contributed by atoms with van der Waals surface area (Å²) >= 11 is 0. The lowest BCUT2D eigenvalue weighted by Gasteiger charge is -2.23. The molecule has 11 rings (SSSR count). The number of ether oxygens (including phenoxy) is 6. The van der Waals surface area contributed by atoms with Gasteiger partial charge in [-0.3, -0.25) is 28.9 Å². The van der Waals surface area contributed by atoms with E-state index in [1.165, 1.54) is 25.3 Å². The van der Waals surface area contributed by atoms with Gasteiger partial charge in [0.25, 0.3) is 15.6 Å². The molecule has 8 heterocycles. The smallest absolute Gasteiger partial charge is 0.320 e. The summed E-state index contributed by atoms with van der Waals surface area (Å²) in [4.78, 5) is 91.5. The van der Waals surface area contributed by atoms with Crippen molar-refractivity contribution < 1.29 is 75.8 Å². The number of carbonyl (C=O) groups is 2. The number of urea groups is 2. The standard InChI is InChI=1S/C24H31N6O8P.C23H27N6O8P/c1-2-3-4-8-11-25-24(31)29-20-17-21(27-13-26-20)30(14-28-17)22-19-18(16(36-22)12-35-39(32,33)34)37-23(38-19)15-9-6-5-7-10-15;30-23(27-14-8-4-5-9-14)28-19-16-20(25-11-24-19)29(12-26-16)21-18-17(15(35-21)10-34-38(31,32)33)36-22(37-18)13-6-2-1-3-7-13/h5-7,9-10,13-14,16,18-19,22-23H,2-4,8,11-12H2,1H3,(H2,32,33,34)(H2,25,26,27,29,31);1-3,6-7,11-12,14-15,17-18,21-22H,4-5,8-10H2,(H2,31,32,33)(H2,24,25,27,28,30)/p-2/t16-,18?,19+,22-,23?;15-,17?,18+,21-,22?/m11/s1. The summed E-state index contributed by atoms with van der Waals surface area (Å²) < 4.78 is 71.7. The number of anilines is 2. The van der Waals surface area contributed by atoms with Crippen molar-refractivity contribution in [3.8, 4) is 0 Å². The van der Waals surface area contributed by atoms with Crippen molar-refractivity contribution in [3.63, 3.8) is 0 Å². The summed E-state index contributed by atoms with van der Waals surface area (Å²) in [6.07, 6.45) is 6.04. The van der Waals surface area contributed by atoms with E-state index >= 15 is 0 Å². The molecule has 30 heteroatoms. The third kappa shape index (κ3) is 13.0. The van der Waals surface area contributed by atoms with Crippen molar-refractivity contribution in [1.82, 2.24) is 49.7 Å². The molecule has 6 unspecified atom stereocenters. The number of rotatable bonds is 18. The van der Waals surface area contributed by atoms with Gasteiger partial charge in [0.1, 0.15) is 49.3 Å². The molecule has 5 aliphatic rings. The normalized spacial score (nSPS) is 27.3. The molecule has 0 spiro atoms. The lowest BCUT2D eigenvalue weighted by Crippen LogP contribution is -2.36. The summed E-state index contributed by atoms with van der Waals surface area (Å²) in [7, 11) is -9.98. The van der Waals surface area contributed by atoms with Crippen LogP contribution in [-0.4, -0.2) is 123 Å². The molecule has 28 nitrogen and oxygen atoms in total. The monoisotopic (exact) mass is 1110 g/mol. The van der Waals surface area contributed by atoms with Crippen LogP contribution in [0.5, 0.6) is 0 Å². The van der Waals surface area contributed by atoms with Crippen molar-refractivity contribution in [1.29, 1.82) is 0 Å². The number of benzene rings is 2. The molecule has 412 valence electrons. The first-order chi connectivity index (χ1) is 37.2. The number of aromatic nitrogens is 8. The predicted molar refractivity (Wildman–Crippen MR) is 263 cm³/mol. The molecule has 6 aromatic rings. The Hall–Kier alpha value is -5.94. The molecule has 0 bridgehead atoms. The van der Waals surface area contributed by atoms with Gasteiger partial charge < -0.3 is 67.7 Å². The molecule has 12 atom stereocenters. The number of phosphoric acid groups is 2. The summed E-state index contributed by atoms with van der Waals surface area (Å²) in [5.74, 6) is 0.453. The van der Waals surface area contributed by atoms with Gasteiger partial charge in [-0.05, 0) is 19.3 Å². The van der Waals surface area contributed by atoms with Gasteiger partial charge in [-0.1, -0.05) is 99.7 Å². The van der Waals surface area contributed by atoms with E-state index < -0.39 is 96.5 Å². The summed E-state index contributed by atoms with van der Waals surface area (Å²) in [6, 6.07) is 17.9. The van der Waals surface area contributed by atoms with E-state index in [9.17, 15) is 28.5 Å². The van der Waals surface area contributed by atoms with Crippen LogP contribution in [0.2, 0.25) is 0 Å². The van der Waals surface area contributed by atoms with Crippen LogP contribution >= 0.6 is 15.6 Å². The number of unbranched alkanes of at least 4 members (excludes halogenated alkanes) is 3. The van der Waals surface area contributed by atoms with Crippen LogP contribution in [0.3, 0.4) is 0 Å². The van der Waals surface area contributed by atoms with E-state index in [0.29, 0.717) is 28.9 Å². The molecule has 0 radical (unpaired) electrons. The van der Waals surface area contributed by atoms with E-state index in [1.807, 2.05) is 60.7 Å². The van der Waals surface area contributed by atoms with Gasteiger partial charge in [0.2, 0.25) is 0 Å². The SMILES string of the molecule is CCCCCCNC(=O)Nc1ncnc2c1ncn2[C@@H]1O[C@H](COP(=O)([O-])O)C2OC(c3ccccc3)O[C@@H]21.O=C(Nc1ncnc2c1ncn2[C@@H]1O[C@H](COP(=O)([O-])O)C2OC(c3ccccc3)O[C@@H]21)NC1CCCC1. The van der Waals surface area contributed by atoms with Crippen molar-refractivity contribution in [2.75, 3.05) is 30.4 Å². The molecule has 4 saturated heterocycles. The number of amides is 4. The fourth-order valence-electron chi connectivity index (χ4n) is 9.82. The first kappa shape index (κ1) is 54.4. The molecule has 2 aromatic carbocycles. The van der Waals surface area contributed by atoms with Crippen molar-refractivity contribution in [2.45, 2.75) is 126 Å². The average molecular weight is 1110 g/mol. The van der Waals surface area contributed by atoms with E-state index in [4.69, 9.17) is 38.2 Å². The van der Waals surface area contributed by atoms with Crippen molar-refractivity contribution >= 4 is 61.7 Å². The Kier molecular flexibility index (Phi) is 16.9. The molecule has 4 amide bonds. The minimum Gasteiger partial charge on any atom is -0.756 e. The summed E-state index contributed by atoms with van der Waals surface area (Å²) in [5, 5.41) is 11.2. The van der Waals surface area contributed by atoms with Gasteiger partial charge in [-0.15, -0.1) is 0 Å². The summed E-state index contributed by atoms with van der Waals surface area (Å²) in [6.45, 7) is 1.71. The van der Waals surface area contributed by atoms with Crippen LogP contribution in [0.25, 0.3) is 22.3 Å². The Labute approximate surface area is 439 Å². The molecule has 6 N–H and O–H groups in total. The second-order valence-corrected chi connectivity index (χ2v) is 21.1. The Morgan fingerprint density at radius 1 is 0.636 bits per heavy atom. The first-order valence-electron chi connectivity index (χ1n) is 25.1. The van der Waals surface area contributed by atoms with Crippen LogP contribution in [0.4, 0.5) is 21.2 Å². The zero-order chi connectivity index (χ0) is 53.7. The van der Waals surface area contributed by atoms with Gasteiger partial charge in [0.15, 0.2) is 59.0 Å². The zero-order valence-corrected chi connectivity index (χ0v) is 43.1. The summed E-state index contributed by atoms with van der Waals surface area (Å²) in [5.41, 5.74) is 2.94. The van der Waals surface area contributed by atoms with E-state index in [1.54, 1.807) is 9.13 Å². The highest BCUT2D eigenvalue weighted by molar-refractivity contribution is 7.45. The molecule has 1 saturated carbocycles.